The Morgan fingerprint density at radius 3 is 0.385 bits per heavy atom. The Morgan fingerprint density at radius 1 is 0.185 bits per heavy atom. The van der Waals surface area contributed by atoms with Gasteiger partial charge in [-0.05, 0) is 38.5 Å². The van der Waals surface area contributed by atoms with E-state index in [0.29, 0.717) is 51.7 Å². The van der Waals surface area contributed by atoms with Crippen LogP contribution in [0.2, 0.25) is 0 Å². The van der Waals surface area contributed by atoms with Crippen molar-refractivity contribution in [2.75, 3.05) is 19.8 Å². The van der Waals surface area contributed by atoms with Crippen LogP contribution in [-0.4, -0.2) is 143 Å². The summed E-state index contributed by atoms with van der Waals surface area (Å²) in [5.74, 6) is -3.92. The summed E-state index contributed by atoms with van der Waals surface area (Å²) < 4.78 is 9.82. The Morgan fingerprint density at radius 2 is 0.289 bits per heavy atom. The van der Waals surface area contributed by atoms with Crippen molar-refractivity contribution in [1.29, 1.82) is 0 Å². The van der Waals surface area contributed by atoms with Gasteiger partial charge in [-0.2, -0.15) is 0 Å². The summed E-state index contributed by atoms with van der Waals surface area (Å²) in [5, 5.41) is 96.9. The number of carboxylic acids is 6. The Hall–Kier alpha value is -3.46. The van der Waals surface area contributed by atoms with E-state index in [0.717, 1.165) is 77.0 Å². The fourth-order valence-corrected chi connectivity index (χ4v) is 17.2. The van der Waals surface area contributed by atoms with Crippen molar-refractivity contribution < 1.29 is 94.4 Å². The van der Waals surface area contributed by atoms with Gasteiger partial charge in [-0.1, -0.05) is 581 Å². The fraction of sp³-hybridized carbons (Fsp3) is 0.948. The van der Waals surface area contributed by atoms with Crippen LogP contribution in [0.1, 0.15) is 658 Å². The minimum atomic E-state index is -1.65. The van der Waals surface area contributed by atoms with E-state index in [1.165, 1.54) is 501 Å². The Balaban J connectivity index is -0.000000360. The van der Waals surface area contributed by atoms with Gasteiger partial charge in [-0.3, -0.25) is 28.8 Å². The van der Waals surface area contributed by atoms with Gasteiger partial charge in [0.25, 0.3) is 0 Å². The molecule has 810 valence electrons. The molecule has 11 N–H and O–H groups in total. The molecule has 1 aliphatic rings. The molecule has 0 aromatic heterocycles. The molecule has 0 radical (unpaired) electrons. The maximum Gasteiger partial charge on any atom is 0.303 e. The third-order valence-corrected chi connectivity index (χ3v) is 26.2. The lowest BCUT2D eigenvalue weighted by Gasteiger charge is -2.27. The molecule has 1 aliphatic heterocycles. The first-order chi connectivity index (χ1) is 65.7. The molecule has 1 saturated heterocycles. The summed E-state index contributed by atoms with van der Waals surface area (Å²) in [4.78, 5) is 62.0. The Kier molecular flexibility index (Phi) is 135. The van der Waals surface area contributed by atoms with E-state index in [1.807, 2.05) is 0 Å². The highest BCUT2D eigenvalue weighted by Gasteiger charge is 2.37. The molecule has 1 rings (SSSR count). The van der Waals surface area contributed by atoms with Gasteiger partial charge in [0.1, 0.15) is 24.4 Å². The number of aliphatic hydroxyl groups is 5. The van der Waals surface area contributed by atoms with Crippen LogP contribution in [-0.2, 0) is 38.2 Å². The summed E-state index contributed by atoms with van der Waals surface area (Å²) in [6, 6.07) is 0. The predicted octanol–water partition coefficient (Wildman–Crippen LogP) is 34.8. The molecule has 0 aromatic carbocycles. The van der Waals surface area contributed by atoms with Crippen molar-refractivity contribution >= 4 is 35.8 Å². The van der Waals surface area contributed by atoms with Gasteiger partial charge < -0.3 is 65.6 Å². The number of unbranched alkanes of at least 4 members (excludes halogenated alkanes) is 84. The lowest BCUT2D eigenvalue weighted by atomic mass is 10.0. The zero-order valence-corrected chi connectivity index (χ0v) is 90.1. The van der Waals surface area contributed by atoms with Crippen molar-refractivity contribution in [1.82, 2.24) is 0 Å². The molecule has 0 unspecified atom stereocenters. The summed E-state index contributed by atoms with van der Waals surface area (Å²) in [7, 11) is 0. The van der Waals surface area contributed by atoms with Gasteiger partial charge >= 0.3 is 35.8 Å². The van der Waals surface area contributed by atoms with E-state index in [2.05, 4.69) is 41.5 Å². The topological polar surface area (TPSA) is 343 Å². The quantitative estimate of drug-likeness (QED) is 0.0252. The number of carbonyl (C=O) groups is 6. The minimum absolute atomic E-state index is 0.299. The molecule has 4 atom stereocenters. The third-order valence-electron chi connectivity index (χ3n) is 26.2. The van der Waals surface area contributed by atoms with E-state index in [9.17, 15) is 44.1 Å². The molecule has 1 fully saturated rings. The zero-order chi connectivity index (χ0) is 101. The molecule has 135 heavy (non-hydrogen) atoms. The monoisotopic (exact) mass is 1930 g/mol. The predicted molar refractivity (Wildman–Crippen MR) is 570 cm³/mol. The van der Waals surface area contributed by atoms with Crippen LogP contribution in [0.15, 0.2) is 0 Å². The van der Waals surface area contributed by atoms with Crippen molar-refractivity contribution in [2.45, 2.75) is 689 Å². The highest BCUT2D eigenvalue weighted by molar-refractivity contribution is 5.68. The van der Waals surface area contributed by atoms with Crippen LogP contribution < -0.4 is 0 Å². The Bertz CT molecular complexity index is 1910. The molecule has 0 aromatic rings. The molecular weight excluding hydrogens is 1700 g/mol. The Labute approximate surface area is 834 Å². The first-order valence-corrected chi connectivity index (χ1v) is 58.6. The standard InChI is InChI=1S/6C18H36O2.C8H16O7/c6*1-2-3-4-5-6-7-8-9-10-11-12-13-14-15-16-17-18(19)20;9-3-4(10)5(11)6(12)7(13)8-14-1-2-15-8/h6*2-17H2,1H3,(H,19,20);4-13H,1-3H2/t;;;;;;4-,5-,6+,7-/m......1/s1. The van der Waals surface area contributed by atoms with Gasteiger partial charge in [0, 0.05) is 38.5 Å². The lowest BCUT2D eigenvalue weighted by Crippen LogP contribution is -2.50. The SMILES string of the molecule is CCCCCCCCCCCCCCCCCC(=O)O.CCCCCCCCCCCCCCCCCC(=O)O.CCCCCCCCCCCCCCCCCC(=O)O.CCCCCCCCCCCCCCCCCC(=O)O.CCCCCCCCCCCCCCCCCC(=O)O.CCCCCCCCCCCCCCCCCC(=O)O.OC[C@@H](O)[C@@H](O)[C@H](O)[C@@H](O)C1OCCO1. The average molecular weight is 1930 g/mol. The normalized spacial score (nSPS) is 12.6. The number of aliphatic carboxylic acids is 6. The number of rotatable bonds is 101. The first-order valence-electron chi connectivity index (χ1n) is 58.6. The number of aliphatic hydroxyl groups excluding tert-OH is 5. The molecule has 19 heteroatoms. The van der Waals surface area contributed by atoms with E-state index >= 15 is 0 Å². The van der Waals surface area contributed by atoms with Gasteiger partial charge in [0.05, 0.1) is 19.8 Å². The summed E-state index contributed by atoms with van der Waals surface area (Å²) in [6.07, 6.45) is 114. The van der Waals surface area contributed by atoms with Gasteiger partial charge in [-0.25, -0.2) is 0 Å². The van der Waals surface area contributed by atoms with E-state index < -0.39 is 73.1 Å². The van der Waals surface area contributed by atoms with Gasteiger partial charge in [0.15, 0.2) is 6.29 Å². The van der Waals surface area contributed by atoms with E-state index in [-0.39, 0.29) is 0 Å². The van der Waals surface area contributed by atoms with E-state index in [4.69, 9.17) is 50.3 Å². The number of hydrogen-bond acceptors (Lipinski definition) is 13. The average Bonchev–Trinajstić information content (AvgIpc) is 1.83. The van der Waals surface area contributed by atoms with Crippen molar-refractivity contribution in [3.05, 3.63) is 0 Å². The lowest BCUT2D eigenvalue weighted by molar-refractivity contribution is -0.188. The second kappa shape index (κ2) is 129. The van der Waals surface area contributed by atoms with Gasteiger partial charge in [-0.15, -0.1) is 0 Å². The molecule has 19 nitrogen and oxygen atoms in total. The van der Waals surface area contributed by atoms with Crippen molar-refractivity contribution in [3.63, 3.8) is 0 Å². The maximum atomic E-state index is 10.3. The van der Waals surface area contributed by atoms with Crippen LogP contribution in [0.5, 0.6) is 0 Å². The zero-order valence-electron chi connectivity index (χ0n) is 90.1. The first kappa shape index (κ1) is 142. The molecule has 0 amide bonds. The number of ether oxygens (including phenoxy) is 2. The highest BCUT2D eigenvalue weighted by atomic mass is 16.7. The third kappa shape index (κ3) is 141. The maximum absolute atomic E-state index is 10.3. The summed E-state index contributed by atoms with van der Waals surface area (Å²) in [5.41, 5.74) is 0. The molecule has 1 heterocycles. The second-order valence-corrected chi connectivity index (χ2v) is 39.9. The largest absolute Gasteiger partial charge is 0.481 e. The molecule has 0 aliphatic carbocycles. The highest BCUT2D eigenvalue weighted by Crippen LogP contribution is 2.23. The molecule has 0 bridgehead atoms. The van der Waals surface area contributed by atoms with Crippen LogP contribution in [0.3, 0.4) is 0 Å². The van der Waals surface area contributed by atoms with Crippen LogP contribution in [0, 0.1) is 0 Å². The summed E-state index contributed by atoms with van der Waals surface area (Å²) >= 11 is 0. The van der Waals surface area contributed by atoms with Crippen LogP contribution in [0.25, 0.3) is 0 Å². The van der Waals surface area contributed by atoms with Crippen LogP contribution >= 0.6 is 0 Å². The molecule has 0 saturated carbocycles. The number of hydrogen-bond donors (Lipinski definition) is 11. The molecule has 0 spiro atoms. The smallest absolute Gasteiger partial charge is 0.303 e. The summed E-state index contributed by atoms with van der Waals surface area (Å²) in [6.45, 7) is 13.5. The van der Waals surface area contributed by atoms with Crippen molar-refractivity contribution in [2.24, 2.45) is 0 Å². The van der Waals surface area contributed by atoms with Crippen molar-refractivity contribution in [3.8, 4) is 0 Å². The molecular formula is C116H232O19. The second-order valence-electron chi connectivity index (χ2n) is 39.9. The fourth-order valence-electron chi connectivity index (χ4n) is 17.2. The number of carboxylic acid groups (broad SMARTS) is 6. The minimum Gasteiger partial charge on any atom is -0.481 e. The van der Waals surface area contributed by atoms with Gasteiger partial charge in [0.2, 0.25) is 0 Å². The van der Waals surface area contributed by atoms with E-state index in [1.54, 1.807) is 0 Å². The van der Waals surface area contributed by atoms with Crippen LogP contribution in [0.4, 0.5) is 0 Å².